The van der Waals surface area contributed by atoms with E-state index in [2.05, 4.69) is 10.0 Å². The molecule has 4 N–H and O–H groups in total. The van der Waals surface area contributed by atoms with E-state index in [0.717, 1.165) is 12.0 Å². The SMILES string of the molecule is CC1(C)Oc2cc(NS(=O)(=O)CCl)c(O)cc2[C@H](NCCc2ccccc2)[C@H]1O. The Morgan fingerprint density at radius 1 is 1.21 bits per heavy atom. The van der Waals surface area contributed by atoms with Crippen LogP contribution in [0.1, 0.15) is 31.0 Å². The number of halogens is 1. The van der Waals surface area contributed by atoms with Crippen molar-refractivity contribution in [2.45, 2.75) is 38.0 Å². The first-order valence-electron chi connectivity index (χ1n) is 9.21. The first kappa shape index (κ1) is 21.7. The fourth-order valence-corrected chi connectivity index (χ4v) is 4.06. The van der Waals surface area contributed by atoms with Crippen molar-refractivity contribution >= 4 is 27.3 Å². The van der Waals surface area contributed by atoms with Gasteiger partial charge in [-0.2, -0.15) is 0 Å². The number of alkyl halides is 1. The zero-order chi connectivity index (χ0) is 21.2. The number of anilines is 1. The standard InChI is InChI=1S/C20H25ClN2O5S/c1-20(2)19(25)18(22-9-8-13-6-4-3-5-7-13)14-10-16(24)15(11-17(14)28-20)23-29(26,27)12-21/h3-7,10-11,18-19,22-25H,8-9,12H2,1-2H3/t18-,19+/m0/s1. The van der Waals surface area contributed by atoms with E-state index in [1.165, 1.54) is 12.1 Å². The van der Waals surface area contributed by atoms with Gasteiger partial charge in [0.15, 0.2) is 0 Å². The summed E-state index contributed by atoms with van der Waals surface area (Å²) in [6, 6.07) is 12.3. The molecule has 7 nitrogen and oxygen atoms in total. The Bertz CT molecular complexity index is 966. The minimum Gasteiger partial charge on any atom is -0.506 e. The number of nitrogens with one attached hydrogen (secondary N) is 2. The maximum Gasteiger partial charge on any atom is 0.246 e. The smallest absolute Gasteiger partial charge is 0.246 e. The van der Waals surface area contributed by atoms with Crippen molar-refractivity contribution in [3.05, 3.63) is 53.6 Å². The molecule has 9 heteroatoms. The number of aliphatic hydroxyl groups is 1. The van der Waals surface area contributed by atoms with E-state index in [9.17, 15) is 18.6 Å². The van der Waals surface area contributed by atoms with E-state index in [1.807, 2.05) is 30.3 Å². The van der Waals surface area contributed by atoms with Gasteiger partial charge in [0, 0.05) is 11.6 Å². The topological polar surface area (TPSA) is 108 Å². The number of aliphatic hydroxyl groups excluding tert-OH is 1. The van der Waals surface area contributed by atoms with E-state index in [4.69, 9.17) is 16.3 Å². The highest BCUT2D eigenvalue weighted by molar-refractivity contribution is 7.93. The predicted molar refractivity (Wildman–Crippen MR) is 113 cm³/mol. The third-order valence-corrected chi connectivity index (χ3v) is 6.57. The van der Waals surface area contributed by atoms with Crippen LogP contribution in [0, 0.1) is 0 Å². The molecule has 2 aromatic rings. The Kier molecular flexibility index (Phi) is 6.28. The van der Waals surface area contributed by atoms with Crippen LogP contribution in [0.4, 0.5) is 5.69 Å². The molecule has 0 amide bonds. The highest BCUT2D eigenvalue weighted by atomic mass is 35.5. The fraction of sp³-hybridized carbons (Fsp3) is 0.400. The lowest BCUT2D eigenvalue weighted by atomic mass is 9.86. The first-order chi connectivity index (χ1) is 13.6. The zero-order valence-electron chi connectivity index (χ0n) is 16.2. The molecule has 3 rings (SSSR count). The van der Waals surface area contributed by atoms with Crippen LogP contribution in [0.3, 0.4) is 0 Å². The second-order valence-electron chi connectivity index (χ2n) is 7.55. The van der Waals surface area contributed by atoms with Gasteiger partial charge in [0.05, 0.1) is 11.7 Å². The van der Waals surface area contributed by atoms with Gasteiger partial charge in [0.25, 0.3) is 0 Å². The quantitative estimate of drug-likeness (QED) is 0.389. The molecule has 0 radical (unpaired) electrons. The number of phenolic OH excluding ortho intramolecular Hbond substituents is 1. The summed E-state index contributed by atoms with van der Waals surface area (Å²) in [7, 11) is -3.78. The van der Waals surface area contributed by atoms with Crippen LogP contribution < -0.4 is 14.8 Å². The first-order valence-corrected chi connectivity index (χ1v) is 11.4. The Morgan fingerprint density at radius 2 is 1.90 bits per heavy atom. The molecule has 0 saturated carbocycles. The fourth-order valence-electron chi connectivity index (χ4n) is 3.35. The number of benzene rings is 2. The van der Waals surface area contributed by atoms with E-state index in [-0.39, 0.29) is 11.4 Å². The Morgan fingerprint density at radius 3 is 2.55 bits per heavy atom. The minimum atomic E-state index is -3.78. The summed E-state index contributed by atoms with van der Waals surface area (Å²) in [4.78, 5) is 0. The van der Waals surface area contributed by atoms with Crippen molar-refractivity contribution in [2.75, 3.05) is 16.5 Å². The van der Waals surface area contributed by atoms with Gasteiger partial charge in [0.1, 0.15) is 28.4 Å². The molecule has 1 aliphatic heterocycles. The van der Waals surface area contributed by atoms with Gasteiger partial charge in [-0.1, -0.05) is 30.3 Å². The number of rotatable bonds is 7. The van der Waals surface area contributed by atoms with Gasteiger partial charge < -0.3 is 20.3 Å². The summed E-state index contributed by atoms with van der Waals surface area (Å²) in [5.41, 5.74) is 0.766. The highest BCUT2D eigenvalue weighted by Crippen LogP contribution is 2.44. The third-order valence-electron chi connectivity index (χ3n) is 4.89. The average Bonchev–Trinajstić information content (AvgIpc) is 2.67. The van der Waals surface area contributed by atoms with Gasteiger partial charge >= 0.3 is 0 Å². The molecule has 158 valence electrons. The van der Waals surface area contributed by atoms with Crippen molar-refractivity contribution in [3.63, 3.8) is 0 Å². The number of sulfonamides is 1. The minimum absolute atomic E-state index is 0.0281. The lowest BCUT2D eigenvalue weighted by Gasteiger charge is -2.42. The number of phenols is 1. The van der Waals surface area contributed by atoms with Crippen molar-refractivity contribution in [2.24, 2.45) is 0 Å². The molecule has 29 heavy (non-hydrogen) atoms. The van der Waals surface area contributed by atoms with E-state index >= 15 is 0 Å². The zero-order valence-corrected chi connectivity index (χ0v) is 17.8. The summed E-state index contributed by atoms with van der Waals surface area (Å²) in [5, 5.41) is 23.9. The number of ether oxygens (including phenoxy) is 1. The van der Waals surface area contributed by atoms with Gasteiger partial charge in [-0.3, -0.25) is 4.72 Å². The summed E-state index contributed by atoms with van der Waals surface area (Å²) in [6.07, 6.45) is -0.115. The average molecular weight is 441 g/mol. The molecule has 1 heterocycles. The molecule has 1 aliphatic rings. The van der Waals surface area contributed by atoms with Crippen molar-refractivity contribution in [1.82, 2.24) is 5.32 Å². The normalized spacial score (nSPS) is 20.6. The predicted octanol–water partition coefficient (Wildman–Crippen LogP) is 2.74. The van der Waals surface area contributed by atoms with Crippen molar-refractivity contribution in [1.29, 1.82) is 0 Å². The van der Waals surface area contributed by atoms with Gasteiger partial charge in [0.2, 0.25) is 10.0 Å². The summed E-state index contributed by atoms with van der Waals surface area (Å²) >= 11 is 5.43. The Labute approximate surface area is 175 Å². The largest absolute Gasteiger partial charge is 0.506 e. The molecular formula is C20H25ClN2O5S. The van der Waals surface area contributed by atoms with Crippen molar-refractivity contribution in [3.8, 4) is 11.5 Å². The molecule has 0 aromatic heterocycles. The number of hydrogen-bond donors (Lipinski definition) is 4. The number of aromatic hydroxyl groups is 1. The maximum absolute atomic E-state index is 11.8. The van der Waals surface area contributed by atoms with E-state index in [0.29, 0.717) is 17.9 Å². The number of fused-ring (bicyclic) bond motifs is 1. The molecule has 0 fully saturated rings. The van der Waals surface area contributed by atoms with E-state index < -0.39 is 33.0 Å². The molecule has 2 aromatic carbocycles. The second kappa shape index (κ2) is 8.39. The summed E-state index contributed by atoms with van der Waals surface area (Å²) in [5.74, 6) is 0.102. The van der Waals surface area contributed by atoms with Gasteiger partial charge in [-0.25, -0.2) is 8.42 Å². The van der Waals surface area contributed by atoms with Crippen LogP contribution >= 0.6 is 11.6 Å². The Hall–Kier alpha value is -2.00. The molecule has 0 bridgehead atoms. The summed E-state index contributed by atoms with van der Waals surface area (Å²) < 4.78 is 31.7. The molecule has 0 unspecified atom stereocenters. The van der Waals surface area contributed by atoms with E-state index in [1.54, 1.807) is 13.8 Å². The van der Waals surface area contributed by atoms with Crippen LogP contribution in [0.25, 0.3) is 0 Å². The monoisotopic (exact) mass is 440 g/mol. The molecule has 2 atom stereocenters. The highest BCUT2D eigenvalue weighted by Gasteiger charge is 2.43. The second-order valence-corrected chi connectivity index (χ2v) is 9.86. The van der Waals surface area contributed by atoms with Gasteiger partial charge in [-0.15, -0.1) is 11.6 Å². The van der Waals surface area contributed by atoms with Crippen LogP contribution in [-0.4, -0.2) is 42.1 Å². The number of hydrogen-bond acceptors (Lipinski definition) is 6. The van der Waals surface area contributed by atoms with Gasteiger partial charge in [-0.05, 0) is 38.4 Å². The lowest BCUT2D eigenvalue weighted by molar-refractivity contribution is -0.0644. The molecular weight excluding hydrogens is 416 g/mol. The molecule has 0 aliphatic carbocycles. The van der Waals surface area contributed by atoms with Crippen LogP contribution in [0.15, 0.2) is 42.5 Å². The molecule has 0 saturated heterocycles. The van der Waals surface area contributed by atoms with Crippen molar-refractivity contribution < 1.29 is 23.4 Å². The lowest BCUT2D eigenvalue weighted by Crippen LogP contribution is -2.52. The molecule has 0 spiro atoms. The van der Waals surface area contributed by atoms with Crippen LogP contribution in [-0.2, 0) is 16.4 Å². The van der Waals surface area contributed by atoms with Crippen LogP contribution in [0.5, 0.6) is 11.5 Å². The summed E-state index contributed by atoms with van der Waals surface area (Å²) in [6.45, 7) is 4.10. The van der Waals surface area contributed by atoms with Crippen LogP contribution in [0.2, 0.25) is 0 Å². The maximum atomic E-state index is 11.8. The third kappa shape index (κ3) is 4.95. The Balaban J connectivity index is 1.87.